The summed E-state index contributed by atoms with van der Waals surface area (Å²) in [5.41, 5.74) is 7.91. The number of carbonyl (C=O) groups excluding carboxylic acids is 11. The third-order valence-electron chi connectivity index (χ3n) is 20.8. The second-order valence-corrected chi connectivity index (χ2v) is 32.3. The number of carboxylic acids is 1. The number of carboxylic acid groups (broad SMARTS) is 1. The van der Waals surface area contributed by atoms with Crippen molar-refractivity contribution in [2.24, 2.45) is 9.98 Å². The Balaban J connectivity index is 0.000000179. The van der Waals surface area contributed by atoms with E-state index in [1.54, 1.807) is 34.8 Å². The lowest BCUT2D eigenvalue weighted by molar-refractivity contribution is -0.138. The smallest absolute Gasteiger partial charge is 0.306 e. The van der Waals surface area contributed by atoms with E-state index in [-0.39, 0.29) is 109 Å². The highest BCUT2D eigenvalue weighted by atomic mass is 35.5. The molecule has 3 N–H and O–H groups in total. The van der Waals surface area contributed by atoms with E-state index in [0.717, 1.165) is 102 Å². The van der Waals surface area contributed by atoms with Crippen molar-refractivity contribution in [3.8, 4) is 21.5 Å². The number of halogens is 2. The number of nitrogens with zero attached hydrogens (tertiary/aromatic N) is 10. The largest absolute Gasteiger partial charge is 0.485 e. The van der Waals surface area contributed by atoms with E-state index in [0.29, 0.717) is 86.5 Å². The SMILES string of the molecule is CCCCOCCCCC(=O)COc1cccc2c1C(=O)N(C1CCC(=O)NC1=O)C2=O.Cc1sc2c(c1C)C(c1ccc(Cl)cc1)=N[C@@H](CC(=O)CCCCOCCCCC(=O)COc1cccc3c1C(=O)N(C1CCC(=O)NC1=O)C3=O)c1nnc(C)n1-2.Cc1sc2c(c1C)C(c1ccc(Cl)cc1)=N[C@@H](CC(=O)O)c1nnc(C)n1-2. The summed E-state index contributed by atoms with van der Waals surface area (Å²) < 4.78 is 26.5. The van der Waals surface area contributed by atoms with Crippen LogP contribution in [0.2, 0.25) is 10.0 Å². The van der Waals surface area contributed by atoms with Gasteiger partial charge in [-0.15, -0.1) is 43.1 Å². The van der Waals surface area contributed by atoms with Crippen LogP contribution in [-0.2, 0) is 47.8 Å². The Bertz CT molecular complexity index is 5300. The molecule has 0 spiro atoms. The van der Waals surface area contributed by atoms with Crippen molar-refractivity contribution in [1.82, 2.24) is 50.0 Å². The van der Waals surface area contributed by atoms with Gasteiger partial charge >= 0.3 is 5.97 Å². The molecule has 0 saturated carbocycles. The second kappa shape index (κ2) is 38.4. The normalized spacial score (nSPS) is 17.2. The van der Waals surface area contributed by atoms with Crippen LogP contribution in [0.1, 0.15) is 236 Å². The number of hydrogen-bond donors (Lipinski definition) is 3. The molecular formula is C84H88Cl2N12O17S2. The van der Waals surface area contributed by atoms with Crippen LogP contribution in [0, 0.1) is 41.5 Å². The van der Waals surface area contributed by atoms with Gasteiger partial charge in [0.05, 0.1) is 40.1 Å². The Kier molecular flexibility index (Phi) is 28.0. The van der Waals surface area contributed by atoms with E-state index >= 15 is 0 Å². The number of unbranched alkanes of at least 4 members (excludes halogenated alkanes) is 4. The number of Topliss-reactive ketones (excluding diaryl/α,β-unsaturated/α-hetero) is 3. The van der Waals surface area contributed by atoms with Crippen molar-refractivity contribution in [3.05, 3.63) is 184 Å². The zero-order chi connectivity index (χ0) is 83.5. The average molecular weight is 1670 g/mol. The number of ketones is 3. The number of aryl methyl sites for hydroxylation is 4. The second-order valence-electron chi connectivity index (χ2n) is 29.0. The van der Waals surface area contributed by atoms with E-state index < -0.39 is 77.4 Å². The van der Waals surface area contributed by atoms with Gasteiger partial charge in [-0.1, -0.05) is 72.9 Å². The summed E-state index contributed by atoms with van der Waals surface area (Å²) in [6.45, 7) is 16.0. The standard InChI is InChI=1S/C42H43ClN6O8S.C23H28N2O7.C19H17ClN4O2S/c1-23-24(2)58-42-35(23)37(26-13-15-27(43)16-14-26)44-31(38-47-46-25(3)48(38)42)21-28(50)9-4-6-19-56-20-7-5-10-29(51)22-57-33-12-8-11-30-36(33)41(55)49(40(30)54)32-17-18-34(52)45-39(32)53;1-2-3-12-31-13-5-4-7-15(26)14-32-18-9-6-8-16-20(18)23(30)25(22(16)29)17-10-11-19(27)24-21(17)28;1-9-10(2)27-19-16(9)17(12-4-6-13(20)7-5-12)21-14(8-15(25)26)18-23-22-11(3)24(18)19/h8,11-16,31-32H,4-7,9-10,17-22H2,1-3H3,(H,45,52,53);6,8-9,17H,2-5,7,10-14H2,1H3,(H,24,27,28);4-7,14H,8H2,1-3H3,(H,25,26)/t31-,32?;;14-/m0.0/s1. The molecule has 612 valence electrons. The van der Waals surface area contributed by atoms with Gasteiger partial charge in [0.2, 0.25) is 23.6 Å². The van der Waals surface area contributed by atoms with Crippen LogP contribution in [0.15, 0.2) is 94.9 Å². The minimum absolute atomic E-state index is 0.00291. The van der Waals surface area contributed by atoms with Gasteiger partial charge in [0.15, 0.2) is 23.2 Å². The summed E-state index contributed by atoms with van der Waals surface area (Å²) in [4.78, 5) is 163. The summed E-state index contributed by atoms with van der Waals surface area (Å²) in [5.74, 6) is -3.12. The van der Waals surface area contributed by atoms with Crippen molar-refractivity contribution < 1.29 is 81.6 Å². The number of carbonyl (C=O) groups is 12. The fourth-order valence-corrected chi connectivity index (χ4v) is 17.1. The molecule has 6 aliphatic rings. The fraction of sp³-hybridized carbons (Fsp3) is 0.405. The number of thiophene rings is 2. The van der Waals surface area contributed by atoms with Crippen molar-refractivity contribution in [2.45, 2.75) is 182 Å². The number of hydrogen-bond acceptors (Lipinski definition) is 24. The third kappa shape index (κ3) is 19.4. The van der Waals surface area contributed by atoms with Gasteiger partial charge in [-0.2, -0.15) is 0 Å². The first kappa shape index (κ1) is 85.4. The summed E-state index contributed by atoms with van der Waals surface area (Å²) >= 11 is 15.6. The Morgan fingerprint density at radius 1 is 0.487 bits per heavy atom. The molecule has 0 bridgehead atoms. The molecule has 14 rings (SSSR count). The highest BCUT2D eigenvalue weighted by Gasteiger charge is 2.48. The number of fused-ring (bicyclic) bond motifs is 8. The number of ether oxygens (including phenoxy) is 4. The minimum atomic E-state index is -1.09. The molecule has 4 aromatic heterocycles. The molecular weight excluding hydrogens is 1580 g/mol. The lowest BCUT2D eigenvalue weighted by Gasteiger charge is -2.27. The number of imide groups is 4. The zero-order valence-corrected chi connectivity index (χ0v) is 68.8. The molecule has 6 aliphatic heterocycles. The van der Waals surface area contributed by atoms with E-state index in [9.17, 15) is 62.6 Å². The number of rotatable bonds is 32. The van der Waals surface area contributed by atoms with Gasteiger partial charge in [0.25, 0.3) is 23.6 Å². The van der Waals surface area contributed by atoms with Crippen LogP contribution in [0.3, 0.4) is 0 Å². The maximum atomic E-state index is 13.3. The predicted molar refractivity (Wildman–Crippen MR) is 434 cm³/mol. The van der Waals surface area contributed by atoms with Gasteiger partial charge in [-0.25, -0.2) is 0 Å². The number of nitrogens with one attached hydrogen (secondary N) is 2. The molecule has 33 heteroatoms. The van der Waals surface area contributed by atoms with Crippen LogP contribution in [0.4, 0.5) is 0 Å². The van der Waals surface area contributed by atoms with E-state index in [4.69, 9.17) is 52.1 Å². The van der Waals surface area contributed by atoms with Crippen molar-refractivity contribution in [2.75, 3.05) is 39.6 Å². The van der Waals surface area contributed by atoms with E-state index in [2.05, 4.69) is 65.6 Å². The van der Waals surface area contributed by atoms with E-state index in [1.807, 2.05) is 71.5 Å². The Morgan fingerprint density at radius 3 is 1.27 bits per heavy atom. The average Bonchev–Trinajstić information content (AvgIpc) is 1.60. The molecule has 2 saturated heterocycles. The zero-order valence-electron chi connectivity index (χ0n) is 65.7. The molecule has 4 atom stereocenters. The lowest BCUT2D eigenvalue weighted by Crippen LogP contribution is -2.54. The monoisotopic (exact) mass is 1670 g/mol. The Labute approximate surface area is 691 Å². The van der Waals surface area contributed by atoms with Gasteiger partial charge in [0, 0.05) is 107 Å². The summed E-state index contributed by atoms with van der Waals surface area (Å²) in [6.07, 6.45) is 7.35. The van der Waals surface area contributed by atoms with Crippen molar-refractivity contribution in [3.63, 3.8) is 0 Å². The third-order valence-corrected chi connectivity index (χ3v) is 23.7. The molecule has 0 radical (unpaired) electrons. The summed E-state index contributed by atoms with van der Waals surface area (Å²) in [5, 5.41) is 34.3. The predicted octanol–water partition coefficient (Wildman–Crippen LogP) is 12.5. The van der Waals surface area contributed by atoms with E-state index in [1.165, 1.54) is 34.0 Å². The first-order valence-electron chi connectivity index (χ1n) is 38.8. The van der Waals surface area contributed by atoms with Crippen LogP contribution in [0.25, 0.3) is 10.0 Å². The van der Waals surface area contributed by atoms with Gasteiger partial charge in [0.1, 0.15) is 76.3 Å². The molecule has 29 nitrogen and oxygen atoms in total. The number of aliphatic imine (C=N–C) groups is 2. The highest BCUT2D eigenvalue weighted by molar-refractivity contribution is 7.15. The first-order valence-corrected chi connectivity index (χ1v) is 41.2. The Hall–Kier alpha value is -11.0. The summed E-state index contributed by atoms with van der Waals surface area (Å²) in [6, 6.07) is 20.9. The maximum Gasteiger partial charge on any atom is 0.306 e. The summed E-state index contributed by atoms with van der Waals surface area (Å²) in [7, 11) is 0. The van der Waals surface area contributed by atoms with Crippen molar-refractivity contribution >= 4 is 128 Å². The first-order chi connectivity index (χ1) is 56.2. The van der Waals surface area contributed by atoms with Crippen LogP contribution in [0.5, 0.6) is 11.5 Å². The number of benzene rings is 4. The molecule has 4 aromatic carbocycles. The topological polar surface area (TPSA) is 379 Å². The van der Waals surface area contributed by atoms with Crippen LogP contribution >= 0.6 is 45.9 Å². The molecule has 2 fully saturated rings. The molecule has 8 amide bonds. The van der Waals surface area contributed by atoms with Gasteiger partial charge in [-0.3, -0.25) is 97.1 Å². The Morgan fingerprint density at radius 2 is 0.880 bits per heavy atom. The van der Waals surface area contributed by atoms with Crippen LogP contribution in [-0.4, -0.2) is 178 Å². The molecule has 117 heavy (non-hydrogen) atoms. The lowest BCUT2D eigenvalue weighted by atomic mass is 9.99. The number of aromatic nitrogens is 6. The molecule has 2 unspecified atom stereocenters. The number of piperidine rings is 2. The van der Waals surface area contributed by atoms with Gasteiger partial charge < -0.3 is 24.1 Å². The number of aliphatic carboxylic acids is 1. The maximum absolute atomic E-state index is 13.3. The molecule has 0 aliphatic carbocycles. The van der Waals surface area contributed by atoms with Gasteiger partial charge in [-0.05, 0) is 159 Å². The molecule has 8 aromatic rings. The van der Waals surface area contributed by atoms with Crippen molar-refractivity contribution in [1.29, 1.82) is 0 Å². The molecule has 10 heterocycles. The quantitative estimate of drug-likeness (QED) is 0.0260. The minimum Gasteiger partial charge on any atom is -0.485 e. The van der Waals surface area contributed by atoms with Crippen LogP contribution < -0.4 is 20.1 Å². The highest BCUT2D eigenvalue weighted by Crippen LogP contribution is 2.43. The fourth-order valence-electron chi connectivity index (χ4n) is 14.4. The number of amides is 8.